The molecule has 25 heavy (non-hydrogen) atoms. The molecule has 1 N–H and O–H groups in total. The molecule has 0 unspecified atom stereocenters. The number of halogens is 1. The SMILES string of the molecule is COc1ccc(Cl)cc1-c1nnc(SCC(=O)Nc2ccccc2)o1. The lowest BCUT2D eigenvalue weighted by Gasteiger charge is -2.04. The van der Waals surface area contributed by atoms with Gasteiger partial charge in [-0.3, -0.25) is 4.79 Å². The summed E-state index contributed by atoms with van der Waals surface area (Å²) in [6, 6.07) is 14.3. The third kappa shape index (κ3) is 4.52. The van der Waals surface area contributed by atoms with E-state index >= 15 is 0 Å². The van der Waals surface area contributed by atoms with Crippen molar-refractivity contribution in [2.45, 2.75) is 5.22 Å². The standard InChI is InChI=1S/C17H14ClN3O3S/c1-23-14-8-7-11(18)9-13(14)16-20-21-17(24-16)25-10-15(22)19-12-5-3-2-4-6-12/h2-9H,10H2,1H3,(H,19,22). The molecule has 0 aliphatic carbocycles. The largest absolute Gasteiger partial charge is 0.496 e. The minimum absolute atomic E-state index is 0.156. The van der Waals surface area contributed by atoms with Gasteiger partial charge in [0.2, 0.25) is 5.91 Å². The van der Waals surface area contributed by atoms with E-state index in [0.717, 1.165) is 17.4 Å². The number of carbonyl (C=O) groups excluding carboxylic acids is 1. The summed E-state index contributed by atoms with van der Waals surface area (Å²) in [6.07, 6.45) is 0. The molecule has 0 atom stereocenters. The molecule has 6 nitrogen and oxygen atoms in total. The van der Waals surface area contributed by atoms with Gasteiger partial charge in [0.15, 0.2) is 0 Å². The van der Waals surface area contributed by atoms with Gasteiger partial charge in [0.25, 0.3) is 11.1 Å². The van der Waals surface area contributed by atoms with Crippen molar-refractivity contribution in [3.63, 3.8) is 0 Å². The number of methoxy groups -OCH3 is 1. The van der Waals surface area contributed by atoms with Gasteiger partial charge in [-0.1, -0.05) is 41.6 Å². The molecule has 3 rings (SSSR count). The van der Waals surface area contributed by atoms with Gasteiger partial charge in [-0.25, -0.2) is 0 Å². The highest BCUT2D eigenvalue weighted by molar-refractivity contribution is 7.99. The second-order valence-electron chi connectivity index (χ2n) is 4.92. The third-order valence-corrected chi connectivity index (χ3v) is 4.24. The molecular weight excluding hydrogens is 362 g/mol. The summed E-state index contributed by atoms with van der Waals surface area (Å²) in [5.41, 5.74) is 1.34. The summed E-state index contributed by atoms with van der Waals surface area (Å²) in [5, 5.41) is 11.5. The molecular formula is C17H14ClN3O3S. The first-order valence-corrected chi connectivity index (χ1v) is 8.67. The van der Waals surface area contributed by atoms with Crippen molar-refractivity contribution in [1.29, 1.82) is 0 Å². The molecule has 1 aromatic heterocycles. The minimum atomic E-state index is -0.156. The summed E-state index contributed by atoms with van der Waals surface area (Å²) >= 11 is 7.16. The molecule has 0 aliphatic heterocycles. The summed E-state index contributed by atoms with van der Waals surface area (Å²) in [4.78, 5) is 11.9. The number of hydrogen-bond donors (Lipinski definition) is 1. The van der Waals surface area contributed by atoms with Crippen molar-refractivity contribution in [2.24, 2.45) is 0 Å². The quantitative estimate of drug-likeness (QED) is 0.653. The van der Waals surface area contributed by atoms with Gasteiger partial charge in [-0.05, 0) is 30.3 Å². The number of nitrogens with one attached hydrogen (secondary N) is 1. The number of nitrogens with zero attached hydrogens (tertiary/aromatic N) is 2. The average molecular weight is 376 g/mol. The van der Waals surface area contributed by atoms with Crippen molar-refractivity contribution >= 4 is 35.0 Å². The Labute approximate surface area is 153 Å². The van der Waals surface area contributed by atoms with E-state index in [1.165, 1.54) is 0 Å². The molecule has 0 spiro atoms. The number of para-hydroxylation sites is 1. The van der Waals surface area contributed by atoms with Crippen LogP contribution in [0.15, 0.2) is 58.2 Å². The van der Waals surface area contributed by atoms with Crippen molar-refractivity contribution in [1.82, 2.24) is 10.2 Å². The summed E-state index contributed by atoms with van der Waals surface area (Å²) in [5.74, 6) is 0.858. The summed E-state index contributed by atoms with van der Waals surface area (Å²) < 4.78 is 10.9. The molecule has 3 aromatic rings. The van der Waals surface area contributed by atoms with Crippen LogP contribution in [0.25, 0.3) is 11.5 Å². The minimum Gasteiger partial charge on any atom is -0.496 e. The number of thioether (sulfide) groups is 1. The topological polar surface area (TPSA) is 77.2 Å². The Bertz CT molecular complexity index is 871. The van der Waals surface area contributed by atoms with Crippen molar-refractivity contribution in [2.75, 3.05) is 18.2 Å². The van der Waals surface area contributed by atoms with Gasteiger partial charge >= 0.3 is 0 Å². The van der Waals surface area contributed by atoms with E-state index < -0.39 is 0 Å². The van der Waals surface area contributed by atoms with Crippen LogP contribution in [0.2, 0.25) is 5.02 Å². The van der Waals surface area contributed by atoms with Crippen LogP contribution in [0.4, 0.5) is 5.69 Å². The molecule has 1 heterocycles. The summed E-state index contributed by atoms with van der Waals surface area (Å²) in [6.45, 7) is 0. The van der Waals surface area contributed by atoms with Crippen LogP contribution >= 0.6 is 23.4 Å². The fourth-order valence-corrected chi connectivity index (χ4v) is 2.81. The van der Waals surface area contributed by atoms with Crippen molar-refractivity contribution in [3.8, 4) is 17.2 Å². The summed E-state index contributed by atoms with van der Waals surface area (Å²) in [7, 11) is 1.55. The highest BCUT2D eigenvalue weighted by Gasteiger charge is 2.15. The maximum absolute atomic E-state index is 11.9. The predicted octanol–water partition coefficient (Wildman–Crippen LogP) is 4.13. The number of aromatic nitrogens is 2. The molecule has 1 amide bonds. The van der Waals surface area contributed by atoms with Crippen LogP contribution in [-0.4, -0.2) is 29.0 Å². The molecule has 0 saturated carbocycles. The van der Waals surface area contributed by atoms with Crippen LogP contribution in [0.1, 0.15) is 0 Å². The number of ether oxygens (including phenoxy) is 1. The van der Waals surface area contributed by atoms with E-state index in [2.05, 4.69) is 15.5 Å². The highest BCUT2D eigenvalue weighted by Crippen LogP contribution is 2.32. The lowest BCUT2D eigenvalue weighted by molar-refractivity contribution is -0.113. The smallest absolute Gasteiger partial charge is 0.277 e. The molecule has 0 radical (unpaired) electrons. The van der Waals surface area contributed by atoms with Gasteiger partial charge in [0.05, 0.1) is 18.4 Å². The first-order chi connectivity index (χ1) is 12.2. The van der Waals surface area contributed by atoms with E-state index in [0.29, 0.717) is 21.6 Å². The number of anilines is 1. The normalized spacial score (nSPS) is 10.5. The number of hydrogen-bond acceptors (Lipinski definition) is 6. The van der Waals surface area contributed by atoms with E-state index in [1.54, 1.807) is 25.3 Å². The van der Waals surface area contributed by atoms with Crippen LogP contribution in [-0.2, 0) is 4.79 Å². The molecule has 128 valence electrons. The highest BCUT2D eigenvalue weighted by atomic mass is 35.5. The molecule has 0 aliphatic rings. The molecule has 0 saturated heterocycles. The predicted molar refractivity (Wildman–Crippen MR) is 97.1 cm³/mol. The van der Waals surface area contributed by atoms with Gasteiger partial charge in [0.1, 0.15) is 5.75 Å². The number of amides is 1. The first-order valence-electron chi connectivity index (χ1n) is 7.31. The van der Waals surface area contributed by atoms with Crippen molar-refractivity contribution < 1.29 is 13.9 Å². The third-order valence-electron chi connectivity index (χ3n) is 3.18. The average Bonchev–Trinajstić information content (AvgIpc) is 3.10. The Morgan fingerprint density at radius 1 is 1.24 bits per heavy atom. The molecule has 0 fully saturated rings. The van der Waals surface area contributed by atoms with Crippen molar-refractivity contribution in [3.05, 3.63) is 53.6 Å². The van der Waals surface area contributed by atoms with Gasteiger partial charge in [-0.2, -0.15) is 0 Å². The fourth-order valence-electron chi connectivity index (χ4n) is 2.07. The lowest BCUT2D eigenvalue weighted by atomic mass is 10.2. The number of carbonyl (C=O) groups is 1. The van der Waals surface area contributed by atoms with Crippen LogP contribution in [0.3, 0.4) is 0 Å². The fraction of sp³-hybridized carbons (Fsp3) is 0.118. The zero-order chi connectivity index (χ0) is 17.6. The van der Waals surface area contributed by atoms with E-state index in [1.807, 2.05) is 30.3 Å². The Hall–Kier alpha value is -2.51. The number of benzene rings is 2. The van der Waals surface area contributed by atoms with E-state index in [4.69, 9.17) is 20.8 Å². The van der Waals surface area contributed by atoms with Gasteiger partial charge in [0, 0.05) is 10.7 Å². The maximum Gasteiger partial charge on any atom is 0.277 e. The van der Waals surface area contributed by atoms with Gasteiger partial charge < -0.3 is 14.5 Å². The monoisotopic (exact) mass is 375 g/mol. The molecule has 0 bridgehead atoms. The second kappa shape index (κ2) is 8.04. The Kier molecular flexibility index (Phi) is 5.57. The second-order valence-corrected chi connectivity index (χ2v) is 6.28. The number of rotatable bonds is 6. The van der Waals surface area contributed by atoms with Crippen LogP contribution in [0.5, 0.6) is 5.75 Å². The van der Waals surface area contributed by atoms with Crippen LogP contribution < -0.4 is 10.1 Å². The zero-order valence-corrected chi connectivity index (χ0v) is 14.8. The van der Waals surface area contributed by atoms with Gasteiger partial charge in [-0.15, -0.1) is 10.2 Å². The lowest BCUT2D eigenvalue weighted by Crippen LogP contribution is -2.13. The van der Waals surface area contributed by atoms with E-state index in [-0.39, 0.29) is 17.6 Å². The first kappa shape index (κ1) is 17.3. The Morgan fingerprint density at radius 3 is 2.80 bits per heavy atom. The Morgan fingerprint density at radius 2 is 2.04 bits per heavy atom. The Balaban J connectivity index is 1.64. The van der Waals surface area contributed by atoms with Crippen LogP contribution in [0, 0.1) is 0 Å². The molecule has 2 aromatic carbocycles. The molecule has 8 heteroatoms. The zero-order valence-electron chi connectivity index (χ0n) is 13.2. The van der Waals surface area contributed by atoms with E-state index in [9.17, 15) is 4.79 Å². The maximum atomic E-state index is 11.9.